The molecule has 0 unspecified atom stereocenters. The van der Waals surface area contributed by atoms with Crippen molar-refractivity contribution < 1.29 is 14.6 Å². The highest BCUT2D eigenvalue weighted by Gasteiger charge is 2.65. The van der Waals surface area contributed by atoms with Crippen LogP contribution in [0.15, 0.2) is 24.0 Å². The third-order valence-electron chi connectivity index (χ3n) is 10.4. The van der Waals surface area contributed by atoms with E-state index < -0.39 is 11.5 Å². The van der Waals surface area contributed by atoms with E-state index in [-0.39, 0.29) is 16.8 Å². The van der Waals surface area contributed by atoms with Gasteiger partial charge in [0.05, 0.1) is 11.5 Å². The van der Waals surface area contributed by atoms with Crippen LogP contribution in [0.5, 0.6) is 0 Å². The first-order chi connectivity index (χ1) is 15.1. The normalized spacial score (nSPS) is 42.2. The van der Waals surface area contributed by atoms with Crippen LogP contribution in [0, 0.1) is 39.9 Å². The molecule has 0 aromatic rings. The van der Waals surface area contributed by atoms with Crippen molar-refractivity contribution in [2.24, 2.45) is 39.9 Å². The number of aliphatic hydroxyl groups is 1. The van der Waals surface area contributed by atoms with E-state index in [1.54, 1.807) is 0 Å². The molecule has 0 saturated heterocycles. The van der Waals surface area contributed by atoms with Crippen LogP contribution in [0.25, 0.3) is 0 Å². The molecule has 0 bridgehead atoms. The molecular formula is C29H46O3. The molecule has 1 N–H and O–H groups in total. The summed E-state index contributed by atoms with van der Waals surface area (Å²) in [6, 6.07) is 0. The van der Waals surface area contributed by atoms with Crippen LogP contribution in [0.2, 0.25) is 0 Å². The summed E-state index contributed by atoms with van der Waals surface area (Å²) in [6.45, 7) is 15.9. The molecule has 3 heteroatoms. The van der Waals surface area contributed by atoms with E-state index in [9.17, 15) is 9.90 Å². The van der Waals surface area contributed by atoms with Gasteiger partial charge in [-0.15, -0.1) is 6.58 Å². The molecule has 4 aliphatic rings. The lowest BCUT2D eigenvalue weighted by atomic mass is 9.48. The van der Waals surface area contributed by atoms with Crippen LogP contribution in [0.1, 0.15) is 105 Å². The van der Waals surface area contributed by atoms with Crippen LogP contribution in [-0.4, -0.2) is 17.2 Å². The number of esters is 1. The molecule has 7 atom stereocenters. The number of hydrogen-bond acceptors (Lipinski definition) is 3. The van der Waals surface area contributed by atoms with E-state index in [0.717, 1.165) is 43.3 Å². The summed E-state index contributed by atoms with van der Waals surface area (Å²) in [5.74, 6) is 3.54. The fourth-order valence-electron chi connectivity index (χ4n) is 8.45. The highest BCUT2D eigenvalue weighted by molar-refractivity contribution is 5.82. The lowest BCUT2D eigenvalue weighted by Crippen LogP contribution is -2.57. The maximum Gasteiger partial charge on any atom is 0.318 e. The average molecular weight is 443 g/mol. The van der Waals surface area contributed by atoms with E-state index in [4.69, 9.17) is 4.74 Å². The molecule has 0 aromatic heterocycles. The third-order valence-corrected chi connectivity index (χ3v) is 10.4. The Morgan fingerprint density at radius 2 is 1.91 bits per heavy atom. The zero-order chi connectivity index (χ0) is 23.3. The summed E-state index contributed by atoms with van der Waals surface area (Å²) < 4.78 is 6.33. The fraction of sp³-hybridized carbons (Fsp3) is 0.828. The SMILES string of the molecule is C=CC[C@@]12C[C@@H](O)CC[C@]1(C)C1=C(OC2=O)[C@@H]2CC[C@H]([C@H](C)CCCC(C)C)[C@@]2(C)CC1. The second kappa shape index (κ2) is 8.60. The van der Waals surface area contributed by atoms with Gasteiger partial charge < -0.3 is 9.84 Å². The van der Waals surface area contributed by atoms with Crippen LogP contribution in [0.3, 0.4) is 0 Å². The third kappa shape index (κ3) is 3.53. The van der Waals surface area contributed by atoms with Crippen molar-refractivity contribution in [2.45, 2.75) is 111 Å². The van der Waals surface area contributed by atoms with Crippen molar-refractivity contribution >= 4 is 5.97 Å². The second-order valence-corrected chi connectivity index (χ2v) is 12.6. The zero-order valence-corrected chi connectivity index (χ0v) is 21.2. The van der Waals surface area contributed by atoms with Gasteiger partial charge in [0.2, 0.25) is 0 Å². The van der Waals surface area contributed by atoms with Gasteiger partial charge in [0.1, 0.15) is 5.76 Å². The molecule has 180 valence electrons. The Morgan fingerprint density at radius 1 is 1.16 bits per heavy atom. The number of carbonyl (C=O) groups is 1. The largest absolute Gasteiger partial charge is 0.430 e. The highest BCUT2D eigenvalue weighted by atomic mass is 16.5. The minimum absolute atomic E-state index is 0.102. The smallest absolute Gasteiger partial charge is 0.318 e. The Balaban J connectivity index is 1.64. The van der Waals surface area contributed by atoms with E-state index >= 15 is 0 Å². The zero-order valence-electron chi connectivity index (χ0n) is 21.2. The number of ether oxygens (including phenoxy) is 1. The quantitative estimate of drug-likeness (QED) is 0.335. The van der Waals surface area contributed by atoms with Gasteiger partial charge in [-0.25, -0.2) is 0 Å². The van der Waals surface area contributed by atoms with Crippen molar-refractivity contribution in [1.29, 1.82) is 0 Å². The summed E-state index contributed by atoms with van der Waals surface area (Å²) in [4.78, 5) is 13.6. The lowest BCUT2D eigenvalue weighted by molar-refractivity contribution is -0.176. The molecule has 0 spiro atoms. The molecular weight excluding hydrogens is 396 g/mol. The van der Waals surface area contributed by atoms with Crippen LogP contribution in [0.4, 0.5) is 0 Å². The summed E-state index contributed by atoms with van der Waals surface area (Å²) in [7, 11) is 0. The van der Waals surface area contributed by atoms with Gasteiger partial charge in [-0.3, -0.25) is 4.79 Å². The van der Waals surface area contributed by atoms with Crippen molar-refractivity contribution in [3.05, 3.63) is 24.0 Å². The monoisotopic (exact) mass is 442 g/mol. The Bertz CT molecular complexity index is 781. The molecule has 0 amide bonds. The fourth-order valence-corrected chi connectivity index (χ4v) is 8.45. The Morgan fingerprint density at radius 3 is 2.59 bits per heavy atom. The lowest BCUT2D eigenvalue weighted by Gasteiger charge is -2.58. The first kappa shape index (κ1) is 24.0. The molecule has 3 nitrogen and oxygen atoms in total. The van der Waals surface area contributed by atoms with Crippen molar-refractivity contribution in [1.82, 2.24) is 0 Å². The molecule has 0 aromatic carbocycles. The predicted octanol–water partition coefficient (Wildman–Crippen LogP) is 7.20. The van der Waals surface area contributed by atoms with Crippen LogP contribution < -0.4 is 0 Å². The number of rotatable bonds is 7. The Kier molecular flexibility index (Phi) is 6.46. The minimum Gasteiger partial charge on any atom is -0.430 e. The van der Waals surface area contributed by atoms with Crippen LogP contribution >= 0.6 is 0 Å². The summed E-state index contributed by atoms with van der Waals surface area (Å²) in [5.41, 5.74) is 0.773. The van der Waals surface area contributed by atoms with Gasteiger partial charge >= 0.3 is 5.97 Å². The minimum atomic E-state index is -0.652. The summed E-state index contributed by atoms with van der Waals surface area (Å²) in [6.07, 6.45) is 12.8. The van der Waals surface area contributed by atoms with Gasteiger partial charge in [-0.05, 0) is 80.1 Å². The maximum absolute atomic E-state index is 13.6. The van der Waals surface area contributed by atoms with E-state index in [2.05, 4.69) is 41.2 Å². The van der Waals surface area contributed by atoms with Crippen molar-refractivity contribution in [3.8, 4) is 0 Å². The number of fused-ring (bicyclic) bond motifs is 4. The van der Waals surface area contributed by atoms with E-state index in [0.29, 0.717) is 24.7 Å². The van der Waals surface area contributed by atoms with Gasteiger partial charge in [0, 0.05) is 11.3 Å². The standard InChI is InChI=1S/C29H46O3/c1-7-15-29-18-21(30)13-17-28(29,6)24-14-16-27(5)22(20(4)10-8-9-19(2)3)11-12-23(27)25(24)32-26(29)31/h7,19-23,30H,1,8-18H2,2-6H3/t20-,21+,22-,23+,27-,28-,29+/m1/s1. The first-order valence-corrected chi connectivity index (χ1v) is 13.3. The topological polar surface area (TPSA) is 46.5 Å². The molecule has 0 radical (unpaired) electrons. The van der Waals surface area contributed by atoms with Crippen LogP contribution in [-0.2, 0) is 9.53 Å². The molecule has 1 heterocycles. The number of carbonyl (C=O) groups excluding carboxylic acids is 1. The van der Waals surface area contributed by atoms with E-state index in [1.807, 2.05) is 6.08 Å². The van der Waals surface area contributed by atoms with E-state index in [1.165, 1.54) is 37.7 Å². The van der Waals surface area contributed by atoms with Gasteiger partial charge in [-0.2, -0.15) is 0 Å². The molecule has 2 saturated carbocycles. The molecule has 1 aliphatic heterocycles. The Labute approximate surface area is 196 Å². The first-order valence-electron chi connectivity index (χ1n) is 13.3. The molecule has 3 aliphatic carbocycles. The van der Waals surface area contributed by atoms with Gasteiger partial charge in [-0.1, -0.05) is 60.0 Å². The molecule has 4 rings (SSSR count). The Hall–Kier alpha value is -1.09. The number of allylic oxidation sites excluding steroid dienone is 3. The van der Waals surface area contributed by atoms with Crippen molar-refractivity contribution in [2.75, 3.05) is 0 Å². The molecule has 32 heavy (non-hydrogen) atoms. The highest BCUT2D eigenvalue weighted by Crippen LogP contribution is 2.68. The molecule has 2 fully saturated rings. The summed E-state index contributed by atoms with van der Waals surface area (Å²) in [5, 5.41) is 10.5. The predicted molar refractivity (Wildman–Crippen MR) is 130 cm³/mol. The van der Waals surface area contributed by atoms with Gasteiger partial charge in [0.15, 0.2) is 0 Å². The van der Waals surface area contributed by atoms with Gasteiger partial charge in [0.25, 0.3) is 0 Å². The van der Waals surface area contributed by atoms with Crippen molar-refractivity contribution in [3.63, 3.8) is 0 Å². The second-order valence-electron chi connectivity index (χ2n) is 12.6. The number of aliphatic hydroxyl groups excluding tert-OH is 1. The average Bonchev–Trinajstić information content (AvgIpc) is 3.07. The maximum atomic E-state index is 13.6. The summed E-state index contributed by atoms with van der Waals surface area (Å²) >= 11 is 0. The number of hydrogen-bond donors (Lipinski definition) is 1.